The third-order valence-electron chi connectivity index (χ3n) is 3.74. The zero-order valence-electron chi connectivity index (χ0n) is 13.6. The second kappa shape index (κ2) is 8.03. The van der Waals surface area contributed by atoms with Crippen LogP contribution < -0.4 is 11.1 Å². The molecule has 5 nitrogen and oxygen atoms in total. The number of nitrogens with zero attached hydrogens (tertiary/aromatic N) is 1. The van der Waals surface area contributed by atoms with Crippen LogP contribution in [0.3, 0.4) is 0 Å². The predicted molar refractivity (Wildman–Crippen MR) is 88.2 cm³/mol. The van der Waals surface area contributed by atoms with Crippen LogP contribution in [0.15, 0.2) is 0 Å². The Bertz CT molecular complexity index is 360. The maximum absolute atomic E-state index is 12.2. The van der Waals surface area contributed by atoms with E-state index >= 15 is 0 Å². The van der Waals surface area contributed by atoms with E-state index in [1.807, 2.05) is 31.9 Å². The van der Waals surface area contributed by atoms with Gasteiger partial charge in [0.2, 0.25) is 11.8 Å². The van der Waals surface area contributed by atoms with Crippen LogP contribution in [0.1, 0.15) is 40.0 Å². The van der Waals surface area contributed by atoms with Gasteiger partial charge in [-0.2, -0.15) is 11.8 Å². The van der Waals surface area contributed by atoms with Gasteiger partial charge in [0.15, 0.2) is 0 Å². The highest BCUT2D eigenvalue weighted by molar-refractivity contribution is 7.98. The number of hydrogen-bond acceptors (Lipinski definition) is 4. The Hall–Kier alpha value is -0.750. The van der Waals surface area contributed by atoms with Crippen molar-refractivity contribution in [1.29, 1.82) is 0 Å². The van der Waals surface area contributed by atoms with Gasteiger partial charge < -0.3 is 16.0 Å². The number of nitrogens with two attached hydrogens (primary N) is 1. The third-order valence-corrected chi connectivity index (χ3v) is 4.38. The Morgan fingerprint density at radius 1 is 1.33 bits per heavy atom. The molecule has 0 aromatic carbocycles. The predicted octanol–water partition coefficient (Wildman–Crippen LogP) is 1.22. The standard InChI is InChI=1S/C15H29N3O2S/c1-15(2,3)14(20)18-8-5-11(6-9-18)17-13(19)12(16)7-10-21-4/h11-12H,5-10,16H2,1-4H3,(H,17,19)/t12-/m1/s1. The molecule has 122 valence electrons. The summed E-state index contributed by atoms with van der Waals surface area (Å²) in [4.78, 5) is 26.1. The van der Waals surface area contributed by atoms with Crippen molar-refractivity contribution < 1.29 is 9.59 Å². The average molecular weight is 315 g/mol. The van der Waals surface area contributed by atoms with Crippen LogP contribution >= 0.6 is 11.8 Å². The Morgan fingerprint density at radius 3 is 2.38 bits per heavy atom. The molecule has 21 heavy (non-hydrogen) atoms. The van der Waals surface area contributed by atoms with Gasteiger partial charge in [0.05, 0.1) is 6.04 Å². The molecule has 1 aliphatic rings. The zero-order chi connectivity index (χ0) is 16.0. The number of carbonyl (C=O) groups excluding carboxylic acids is 2. The van der Waals surface area contributed by atoms with Crippen LogP contribution in [-0.4, -0.2) is 53.9 Å². The van der Waals surface area contributed by atoms with Gasteiger partial charge in [0.25, 0.3) is 0 Å². The molecule has 0 spiro atoms. The van der Waals surface area contributed by atoms with E-state index < -0.39 is 6.04 Å². The molecule has 1 saturated heterocycles. The van der Waals surface area contributed by atoms with E-state index in [1.54, 1.807) is 11.8 Å². The highest BCUT2D eigenvalue weighted by Crippen LogP contribution is 2.21. The van der Waals surface area contributed by atoms with Gasteiger partial charge in [0, 0.05) is 24.5 Å². The molecule has 3 N–H and O–H groups in total. The number of amides is 2. The monoisotopic (exact) mass is 315 g/mol. The van der Waals surface area contributed by atoms with Crippen molar-refractivity contribution in [1.82, 2.24) is 10.2 Å². The van der Waals surface area contributed by atoms with Crippen molar-refractivity contribution in [3.05, 3.63) is 0 Å². The molecule has 1 fully saturated rings. The molecule has 2 amide bonds. The first kappa shape index (κ1) is 18.3. The quantitative estimate of drug-likeness (QED) is 0.800. The fourth-order valence-corrected chi connectivity index (χ4v) is 2.88. The van der Waals surface area contributed by atoms with Crippen molar-refractivity contribution in [2.24, 2.45) is 11.1 Å². The largest absolute Gasteiger partial charge is 0.352 e. The molecule has 0 bridgehead atoms. The Kier molecular flexibility index (Phi) is 7.00. The van der Waals surface area contributed by atoms with Gasteiger partial charge in [-0.25, -0.2) is 0 Å². The van der Waals surface area contributed by atoms with Gasteiger partial charge in [-0.1, -0.05) is 20.8 Å². The molecule has 6 heteroatoms. The zero-order valence-corrected chi connectivity index (χ0v) is 14.5. The summed E-state index contributed by atoms with van der Waals surface area (Å²) in [5, 5.41) is 3.01. The van der Waals surface area contributed by atoms with Crippen LogP contribution in [-0.2, 0) is 9.59 Å². The normalized spacial score (nSPS) is 18.4. The van der Waals surface area contributed by atoms with Crippen molar-refractivity contribution >= 4 is 23.6 Å². The van der Waals surface area contributed by atoms with E-state index in [2.05, 4.69) is 5.32 Å². The fourth-order valence-electron chi connectivity index (χ4n) is 2.39. The molecule has 1 atom stereocenters. The Labute approximate surface area is 132 Å². The van der Waals surface area contributed by atoms with Gasteiger partial charge >= 0.3 is 0 Å². The van der Waals surface area contributed by atoms with Crippen LogP contribution in [0.5, 0.6) is 0 Å². The summed E-state index contributed by atoms with van der Waals surface area (Å²) in [5.74, 6) is 1.02. The Morgan fingerprint density at radius 2 is 1.90 bits per heavy atom. The summed E-state index contributed by atoms with van der Waals surface area (Å²) in [6.07, 6.45) is 4.33. The summed E-state index contributed by atoms with van der Waals surface area (Å²) < 4.78 is 0. The number of nitrogens with one attached hydrogen (secondary N) is 1. The smallest absolute Gasteiger partial charge is 0.237 e. The van der Waals surface area contributed by atoms with E-state index in [9.17, 15) is 9.59 Å². The second-order valence-electron chi connectivity index (χ2n) is 6.71. The van der Waals surface area contributed by atoms with Crippen molar-refractivity contribution in [3.8, 4) is 0 Å². The first-order valence-electron chi connectivity index (χ1n) is 7.60. The molecule has 0 aliphatic carbocycles. The lowest BCUT2D eigenvalue weighted by Gasteiger charge is -2.36. The SMILES string of the molecule is CSCC[C@@H](N)C(=O)NC1CCN(C(=O)C(C)(C)C)CC1. The molecule has 0 saturated carbocycles. The van der Waals surface area contributed by atoms with E-state index in [0.29, 0.717) is 19.5 Å². The molecule has 0 aromatic heterocycles. The van der Waals surface area contributed by atoms with Crippen molar-refractivity contribution in [3.63, 3.8) is 0 Å². The summed E-state index contributed by atoms with van der Waals surface area (Å²) in [6.45, 7) is 7.23. The first-order valence-corrected chi connectivity index (χ1v) is 8.99. The highest BCUT2D eigenvalue weighted by Gasteiger charge is 2.31. The maximum atomic E-state index is 12.2. The Balaban J connectivity index is 2.36. The van der Waals surface area contributed by atoms with Crippen molar-refractivity contribution in [2.45, 2.75) is 52.1 Å². The molecule has 0 aromatic rings. The van der Waals surface area contributed by atoms with Crippen LogP contribution in [0.2, 0.25) is 0 Å². The molecule has 1 rings (SSSR count). The molecule has 1 aliphatic heterocycles. The minimum absolute atomic E-state index is 0.0651. The number of likely N-dealkylation sites (tertiary alicyclic amines) is 1. The summed E-state index contributed by atoms with van der Waals surface area (Å²) >= 11 is 1.70. The minimum Gasteiger partial charge on any atom is -0.352 e. The fraction of sp³-hybridized carbons (Fsp3) is 0.867. The second-order valence-corrected chi connectivity index (χ2v) is 7.70. The summed E-state index contributed by atoms with van der Waals surface area (Å²) in [6, 6.07) is -0.284. The van der Waals surface area contributed by atoms with Gasteiger partial charge in [-0.3, -0.25) is 9.59 Å². The number of piperidine rings is 1. The van der Waals surface area contributed by atoms with E-state index in [-0.39, 0.29) is 23.3 Å². The lowest BCUT2D eigenvalue weighted by atomic mass is 9.93. The average Bonchev–Trinajstić information content (AvgIpc) is 2.43. The number of rotatable bonds is 5. The number of thioether (sulfide) groups is 1. The van der Waals surface area contributed by atoms with E-state index in [4.69, 9.17) is 5.73 Å². The summed E-state index contributed by atoms with van der Waals surface area (Å²) in [7, 11) is 0. The molecule has 0 radical (unpaired) electrons. The third kappa shape index (κ3) is 5.87. The van der Waals surface area contributed by atoms with Gasteiger partial charge in [0.1, 0.15) is 0 Å². The lowest BCUT2D eigenvalue weighted by molar-refractivity contribution is -0.140. The molecule has 1 heterocycles. The molecular weight excluding hydrogens is 286 g/mol. The van der Waals surface area contributed by atoms with E-state index in [1.165, 1.54) is 0 Å². The molecule has 0 unspecified atom stereocenters. The topological polar surface area (TPSA) is 75.4 Å². The molecular formula is C15H29N3O2S. The van der Waals surface area contributed by atoms with Crippen LogP contribution in [0, 0.1) is 5.41 Å². The number of hydrogen-bond donors (Lipinski definition) is 2. The maximum Gasteiger partial charge on any atom is 0.237 e. The highest BCUT2D eigenvalue weighted by atomic mass is 32.2. The van der Waals surface area contributed by atoms with Crippen LogP contribution in [0.4, 0.5) is 0 Å². The number of carbonyl (C=O) groups is 2. The summed E-state index contributed by atoms with van der Waals surface area (Å²) in [5.41, 5.74) is 5.53. The van der Waals surface area contributed by atoms with Crippen molar-refractivity contribution in [2.75, 3.05) is 25.1 Å². The van der Waals surface area contributed by atoms with Gasteiger partial charge in [-0.05, 0) is 31.3 Å². The minimum atomic E-state index is -0.424. The van der Waals surface area contributed by atoms with E-state index in [0.717, 1.165) is 18.6 Å². The first-order chi connectivity index (χ1) is 9.75. The lowest BCUT2D eigenvalue weighted by Crippen LogP contribution is -2.52. The van der Waals surface area contributed by atoms with Crippen LogP contribution in [0.25, 0.3) is 0 Å². The van der Waals surface area contributed by atoms with Gasteiger partial charge in [-0.15, -0.1) is 0 Å².